The fourth-order valence-electron chi connectivity index (χ4n) is 3.25. The first-order chi connectivity index (χ1) is 13.4. The van der Waals surface area contributed by atoms with Crippen LogP contribution in [0.5, 0.6) is 0 Å². The maximum Gasteiger partial charge on any atom is 0.253 e. The number of hydrogen-bond acceptors (Lipinski definition) is 4. The molecule has 28 heavy (non-hydrogen) atoms. The summed E-state index contributed by atoms with van der Waals surface area (Å²) in [4.78, 5) is 30.7. The number of nitrogens with zero attached hydrogens (tertiary/aromatic N) is 2. The third kappa shape index (κ3) is 5.16. The van der Waals surface area contributed by atoms with Gasteiger partial charge in [0.2, 0.25) is 5.91 Å². The second kappa shape index (κ2) is 9.28. The van der Waals surface area contributed by atoms with E-state index < -0.39 is 0 Å². The number of likely N-dealkylation sites (tertiary alicyclic amines) is 1. The number of nitrogens with one attached hydrogen (secondary N) is 1. The molecule has 0 radical (unpaired) electrons. The van der Waals surface area contributed by atoms with Gasteiger partial charge in [-0.25, -0.2) is 9.37 Å². The fraction of sp³-hybridized carbons (Fsp3) is 0.476. The Hall–Kier alpha value is -2.28. The Morgan fingerprint density at radius 3 is 2.57 bits per heavy atom. The molecule has 5 nitrogen and oxygen atoms in total. The van der Waals surface area contributed by atoms with Gasteiger partial charge in [-0.15, -0.1) is 11.3 Å². The van der Waals surface area contributed by atoms with E-state index in [1.807, 2.05) is 18.7 Å². The van der Waals surface area contributed by atoms with Gasteiger partial charge in [0.05, 0.1) is 10.7 Å². The van der Waals surface area contributed by atoms with Crippen molar-refractivity contribution in [2.45, 2.75) is 39.0 Å². The van der Waals surface area contributed by atoms with Crippen molar-refractivity contribution in [2.75, 3.05) is 19.6 Å². The van der Waals surface area contributed by atoms with E-state index in [0.29, 0.717) is 31.1 Å². The highest BCUT2D eigenvalue weighted by Gasteiger charge is 2.26. The molecule has 0 saturated carbocycles. The van der Waals surface area contributed by atoms with Crippen molar-refractivity contribution in [3.8, 4) is 0 Å². The molecule has 1 N–H and O–H groups in total. The number of amides is 2. The molecule has 1 fully saturated rings. The first-order valence-corrected chi connectivity index (χ1v) is 10.6. The Morgan fingerprint density at radius 1 is 1.25 bits per heavy atom. The van der Waals surface area contributed by atoms with E-state index in [1.165, 1.54) is 24.3 Å². The Morgan fingerprint density at radius 2 is 1.93 bits per heavy atom. The molecular formula is C21H26FN3O2S. The van der Waals surface area contributed by atoms with Gasteiger partial charge in [0, 0.05) is 48.8 Å². The number of thiazole rings is 1. The molecule has 0 aliphatic carbocycles. The smallest absolute Gasteiger partial charge is 0.253 e. The van der Waals surface area contributed by atoms with Gasteiger partial charge >= 0.3 is 0 Å². The number of piperidine rings is 1. The molecule has 1 aromatic carbocycles. The Kier molecular flexibility index (Phi) is 6.78. The Labute approximate surface area is 169 Å². The molecule has 0 bridgehead atoms. The zero-order valence-corrected chi connectivity index (χ0v) is 17.1. The van der Waals surface area contributed by atoms with Crippen LogP contribution in [-0.2, 0) is 11.2 Å². The van der Waals surface area contributed by atoms with Crippen LogP contribution in [0.4, 0.5) is 4.39 Å². The van der Waals surface area contributed by atoms with Gasteiger partial charge < -0.3 is 10.2 Å². The molecule has 0 atom stereocenters. The summed E-state index contributed by atoms with van der Waals surface area (Å²) in [6, 6.07) is 5.71. The van der Waals surface area contributed by atoms with Crippen LogP contribution in [0.15, 0.2) is 29.6 Å². The molecule has 0 unspecified atom stereocenters. The minimum absolute atomic E-state index is 0.00574. The number of carbonyl (C=O) groups excluding carboxylic acids is 2. The third-order valence-corrected chi connectivity index (χ3v) is 6.05. The first kappa shape index (κ1) is 20.5. The van der Waals surface area contributed by atoms with Crippen LogP contribution in [0.3, 0.4) is 0 Å². The maximum atomic E-state index is 13.0. The number of aromatic nitrogens is 1. The van der Waals surface area contributed by atoms with Gasteiger partial charge in [-0.3, -0.25) is 9.59 Å². The summed E-state index contributed by atoms with van der Waals surface area (Å²) in [6.07, 6.45) is 2.49. The number of rotatable bonds is 6. The zero-order valence-electron chi connectivity index (χ0n) is 16.3. The van der Waals surface area contributed by atoms with Crippen LogP contribution in [0.1, 0.15) is 53.7 Å². The second-order valence-corrected chi connectivity index (χ2v) is 8.34. The van der Waals surface area contributed by atoms with Gasteiger partial charge in [0.15, 0.2) is 0 Å². The molecule has 1 aliphatic heterocycles. The van der Waals surface area contributed by atoms with Crippen LogP contribution in [0.2, 0.25) is 0 Å². The lowest BCUT2D eigenvalue weighted by atomic mass is 9.97. The van der Waals surface area contributed by atoms with Crippen molar-refractivity contribution in [3.63, 3.8) is 0 Å². The minimum atomic E-state index is -0.335. The number of hydrogen-bond donors (Lipinski definition) is 1. The normalized spacial score (nSPS) is 15.1. The highest BCUT2D eigenvalue weighted by Crippen LogP contribution is 2.31. The van der Waals surface area contributed by atoms with Gasteiger partial charge in [0.1, 0.15) is 5.82 Å². The number of benzene rings is 1. The Bertz CT molecular complexity index is 811. The lowest BCUT2D eigenvalue weighted by Crippen LogP contribution is -2.37. The van der Waals surface area contributed by atoms with E-state index in [4.69, 9.17) is 4.98 Å². The molecule has 3 rings (SSSR count). The molecule has 2 aromatic rings. The van der Waals surface area contributed by atoms with Crippen molar-refractivity contribution >= 4 is 23.2 Å². The monoisotopic (exact) mass is 403 g/mol. The summed E-state index contributed by atoms with van der Waals surface area (Å²) in [5.74, 6) is 0.0431. The van der Waals surface area contributed by atoms with Crippen molar-refractivity contribution in [1.29, 1.82) is 0 Å². The van der Waals surface area contributed by atoms with E-state index in [9.17, 15) is 14.0 Å². The van der Waals surface area contributed by atoms with E-state index in [1.54, 1.807) is 11.3 Å². The average molecular weight is 404 g/mol. The van der Waals surface area contributed by atoms with E-state index in [0.717, 1.165) is 30.0 Å². The quantitative estimate of drug-likeness (QED) is 0.801. The molecular weight excluding hydrogens is 377 g/mol. The lowest BCUT2D eigenvalue weighted by molar-refractivity contribution is -0.123. The zero-order chi connectivity index (χ0) is 20.1. The molecule has 0 spiro atoms. The van der Waals surface area contributed by atoms with Crippen LogP contribution in [0, 0.1) is 11.7 Å². The summed E-state index contributed by atoms with van der Waals surface area (Å²) >= 11 is 1.66. The highest BCUT2D eigenvalue weighted by molar-refractivity contribution is 7.09. The van der Waals surface area contributed by atoms with Crippen molar-refractivity contribution < 1.29 is 14.0 Å². The van der Waals surface area contributed by atoms with Crippen molar-refractivity contribution in [2.24, 2.45) is 5.92 Å². The van der Waals surface area contributed by atoms with Crippen LogP contribution >= 0.6 is 11.3 Å². The minimum Gasteiger partial charge on any atom is -0.355 e. The number of halogens is 1. The SMILES string of the molecule is CC(C)C(=O)NCCc1csc(C2CCN(C(=O)c3ccc(F)cc3)CC2)n1. The third-order valence-electron chi connectivity index (χ3n) is 5.00. The van der Waals surface area contributed by atoms with Gasteiger partial charge in [-0.05, 0) is 37.1 Å². The molecule has 1 aliphatic rings. The highest BCUT2D eigenvalue weighted by atomic mass is 32.1. The Balaban J connectivity index is 1.48. The fourth-order valence-corrected chi connectivity index (χ4v) is 4.27. The van der Waals surface area contributed by atoms with Crippen LogP contribution in [0.25, 0.3) is 0 Å². The standard InChI is InChI=1S/C21H26FN3O2S/c1-14(2)19(26)23-10-7-18-13-28-20(24-18)15-8-11-25(12-9-15)21(27)16-3-5-17(22)6-4-16/h3-6,13-15H,7-12H2,1-2H3,(H,23,26). The summed E-state index contributed by atoms with van der Waals surface area (Å²) in [7, 11) is 0. The van der Waals surface area contributed by atoms with E-state index >= 15 is 0 Å². The topological polar surface area (TPSA) is 62.3 Å². The summed E-state index contributed by atoms with van der Waals surface area (Å²) in [5.41, 5.74) is 1.54. The van der Waals surface area contributed by atoms with Crippen LogP contribution < -0.4 is 5.32 Å². The van der Waals surface area contributed by atoms with E-state index in [2.05, 4.69) is 10.7 Å². The average Bonchev–Trinajstić information content (AvgIpc) is 3.17. The van der Waals surface area contributed by atoms with Gasteiger partial charge in [-0.2, -0.15) is 0 Å². The number of carbonyl (C=O) groups is 2. The molecule has 7 heteroatoms. The molecule has 2 amide bonds. The molecule has 1 aromatic heterocycles. The molecule has 150 valence electrons. The van der Waals surface area contributed by atoms with Crippen LogP contribution in [-0.4, -0.2) is 41.3 Å². The molecule has 2 heterocycles. The largest absolute Gasteiger partial charge is 0.355 e. The first-order valence-electron chi connectivity index (χ1n) is 9.71. The van der Waals surface area contributed by atoms with E-state index in [-0.39, 0.29) is 23.5 Å². The second-order valence-electron chi connectivity index (χ2n) is 7.45. The predicted molar refractivity (Wildman–Crippen MR) is 108 cm³/mol. The van der Waals surface area contributed by atoms with Crippen molar-refractivity contribution in [3.05, 3.63) is 51.7 Å². The molecule has 1 saturated heterocycles. The lowest BCUT2D eigenvalue weighted by Gasteiger charge is -2.31. The summed E-state index contributed by atoms with van der Waals surface area (Å²) < 4.78 is 13.0. The predicted octanol–water partition coefficient (Wildman–Crippen LogP) is 3.62. The van der Waals surface area contributed by atoms with Gasteiger partial charge in [0.25, 0.3) is 5.91 Å². The van der Waals surface area contributed by atoms with Crippen molar-refractivity contribution in [1.82, 2.24) is 15.2 Å². The maximum absolute atomic E-state index is 13.0. The summed E-state index contributed by atoms with van der Waals surface area (Å²) in [6.45, 7) is 5.72. The summed E-state index contributed by atoms with van der Waals surface area (Å²) in [5, 5.41) is 6.09. The van der Waals surface area contributed by atoms with Gasteiger partial charge in [-0.1, -0.05) is 13.8 Å².